The number of nitrogens with one attached hydrogen (secondary N) is 1. The maximum atomic E-state index is 11.7. The molecule has 0 atom stereocenters. The Morgan fingerprint density at radius 3 is 2.69 bits per heavy atom. The Hall–Kier alpha value is -1.65. The molecule has 0 amide bonds. The van der Waals surface area contributed by atoms with Crippen LogP contribution in [0, 0.1) is 0 Å². The number of H-pyrrole nitrogens is 1. The highest BCUT2D eigenvalue weighted by atomic mass is 16.1. The molecule has 0 saturated heterocycles. The number of nitrogens with zero attached hydrogens (tertiary/aromatic N) is 2. The van der Waals surface area contributed by atoms with Crippen LogP contribution in [0.4, 0.5) is 0 Å². The van der Waals surface area contributed by atoms with Crippen molar-refractivity contribution in [2.45, 2.75) is 26.2 Å². The molecular formula is C11H14BN3O. The molecule has 2 aromatic rings. The van der Waals surface area contributed by atoms with E-state index in [1.807, 2.05) is 6.07 Å². The Kier molecular flexibility index (Phi) is 2.33. The second-order valence-corrected chi connectivity index (χ2v) is 5.00. The van der Waals surface area contributed by atoms with E-state index in [4.69, 9.17) is 0 Å². The fraction of sp³-hybridized carbons (Fsp3) is 0.364. The fourth-order valence-corrected chi connectivity index (χ4v) is 1.54. The Bertz CT molecular complexity index is 598. The fourth-order valence-electron chi connectivity index (χ4n) is 1.54. The average molecular weight is 215 g/mol. The number of aromatic amines is 1. The lowest BCUT2D eigenvalue weighted by Gasteiger charge is -2.18. The first-order valence-corrected chi connectivity index (χ1v) is 5.25. The SMILES string of the molecule is Bc1nc2ncc(C(C)(C)C)cc2c(=O)[nH]1. The van der Waals surface area contributed by atoms with Crippen LogP contribution in [0.25, 0.3) is 11.0 Å². The summed E-state index contributed by atoms with van der Waals surface area (Å²) in [5.41, 5.74) is 2.00. The van der Waals surface area contributed by atoms with E-state index >= 15 is 0 Å². The summed E-state index contributed by atoms with van der Waals surface area (Å²) in [7, 11) is 1.75. The zero-order chi connectivity index (χ0) is 11.9. The molecule has 0 bridgehead atoms. The third-order valence-corrected chi connectivity index (χ3v) is 2.55. The van der Waals surface area contributed by atoms with Gasteiger partial charge in [-0.25, -0.2) is 9.97 Å². The van der Waals surface area contributed by atoms with Gasteiger partial charge in [-0.3, -0.25) is 4.79 Å². The Morgan fingerprint density at radius 1 is 1.38 bits per heavy atom. The maximum absolute atomic E-state index is 11.7. The molecule has 0 aliphatic heterocycles. The molecule has 0 fully saturated rings. The predicted octanol–water partition coefficient (Wildman–Crippen LogP) is -0.126. The van der Waals surface area contributed by atoms with Gasteiger partial charge in [-0.2, -0.15) is 0 Å². The Morgan fingerprint density at radius 2 is 2.06 bits per heavy atom. The molecule has 0 aliphatic rings. The van der Waals surface area contributed by atoms with Gasteiger partial charge in [0.2, 0.25) is 0 Å². The van der Waals surface area contributed by atoms with Crippen LogP contribution in [0.1, 0.15) is 26.3 Å². The molecule has 2 rings (SSSR count). The molecule has 4 nitrogen and oxygen atoms in total. The highest BCUT2D eigenvalue weighted by Gasteiger charge is 2.15. The van der Waals surface area contributed by atoms with Gasteiger partial charge in [0.25, 0.3) is 5.56 Å². The highest BCUT2D eigenvalue weighted by Crippen LogP contribution is 2.22. The minimum Gasteiger partial charge on any atom is -0.319 e. The van der Waals surface area contributed by atoms with E-state index < -0.39 is 0 Å². The van der Waals surface area contributed by atoms with Gasteiger partial charge >= 0.3 is 0 Å². The molecule has 0 saturated carbocycles. The zero-order valence-electron chi connectivity index (χ0n) is 9.96. The van der Waals surface area contributed by atoms with Crippen LogP contribution in [0.3, 0.4) is 0 Å². The maximum Gasteiger partial charge on any atom is 0.259 e. The summed E-state index contributed by atoms with van der Waals surface area (Å²) >= 11 is 0. The van der Waals surface area contributed by atoms with Crippen LogP contribution in [0.5, 0.6) is 0 Å². The van der Waals surface area contributed by atoms with Crippen molar-refractivity contribution >= 4 is 24.6 Å². The number of rotatable bonds is 0. The summed E-state index contributed by atoms with van der Waals surface area (Å²) in [4.78, 5) is 22.9. The molecule has 82 valence electrons. The monoisotopic (exact) mass is 215 g/mol. The van der Waals surface area contributed by atoms with Gasteiger partial charge in [-0.15, -0.1) is 0 Å². The quantitative estimate of drug-likeness (QED) is 0.623. The van der Waals surface area contributed by atoms with Crippen LogP contribution in [0.15, 0.2) is 17.1 Å². The molecule has 0 aliphatic carbocycles. The molecule has 0 radical (unpaired) electrons. The number of aromatic nitrogens is 3. The molecule has 0 unspecified atom stereocenters. The summed E-state index contributed by atoms with van der Waals surface area (Å²) < 4.78 is 0. The van der Waals surface area contributed by atoms with E-state index in [1.54, 1.807) is 14.0 Å². The van der Waals surface area contributed by atoms with Crippen LogP contribution < -0.4 is 11.3 Å². The predicted molar refractivity (Wildman–Crippen MR) is 67.0 cm³/mol. The van der Waals surface area contributed by atoms with Gasteiger partial charge in [0.1, 0.15) is 0 Å². The van der Waals surface area contributed by atoms with Crippen molar-refractivity contribution in [2.24, 2.45) is 0 Å². The first-order valence-electron chi connectivity index (χ1n) is 5.25. The van der Waals surface area contributed by atoms with Crippen molar-refractivity contribution in [3.63, 3.8) is 0 Å². The lowest BCUT2D eigenvalue weighted by molar-refractivity contribution is 0.588. The molecule has 2 heterocycles. The largest absolute Gasteiger partial charge is 0.319 e. The zero-order valence-corrected chi connectivity index (χ0v) is 9.96. The van der Waals surface area contributed by atoms with E-state index in [2.05, 4.69) is 35.7 Å². The van der Waals surface area contributed by atoms with Crippen LogP contribution in [0.2, 0.25) is 0 Å². The second-order valence-electron chi connectivity index (χ2n) is 5.00. The van der Waals surface area contributed by atoms with Gasteiger partial charge < -0.3 is 4.98 Å². The van der Waals surface area contributed by atoms with E-state index in [-0.39, 0.29) is 11.0 Å². The number of pyridine rings is 1. The molecule has 16 heavy (non-hydrogen) atoms. The van der Waals surface area contributed by atoms with Gasteiger partial charge in [-0.05, 0) is 17.0 Å². The van der Waals surface area contributed by atoms with Crippen LogP contribution >= 0.6 is 0 Å². The van der Waals surface area contributed by atoms with Crippen molar-refractivity contribution in [1.82, 2.24) is 15.0 Å². The average Bonchev–Trinajstić information content (AvgIpc) is 2.15. The van der Waals surface area contributed by atoms with Gasteiger partial charge in [0, 0.05) is 6.20 Å². The Labute approximate surface area is 94.5 Å². The third kappa shape index (κ3) is 1.85. The minimum atomic E-state index is -0.124. The Balaban J connectivity index is 2.77. The summed E-state index contributed by atoms with van der Waals surface area (Å²) in [6.07, 6.45) is 1.79. The molecule has 0 spiro atoms. The number of fused-ring (bicyclic) bond motifs is 1. The lowest BCUT2D eigenvalue weighted by atomic mass is 9.88. The summed E-state index contributed by atoms with van der Waals surface area (Å²) in [6, 6.07) is 1.87. The van der Waals surface area contributed by atoms with Gasteiger partial charge in [0.05, 0.1) is 11.1 Å². The lowest BCUT2D eigenvalue weighted by Crippen LogP contribution is -2.24. The third-order valence-electron chi connectivity index (χ3n) is 2.55. The standard InChI is InChI=1S/C11H14BN3O/c1-11(2,3)6-4-7-8(13-5-6)14-10(12)15-9(7)16/h4-5H,12H2,1-3H3,(H,13,14,15,16). The van der Waals surface area contributed by atoms with Crippen LogP contribution in [-0.2, 0) is 5.41 Å². The van der Waals surface area contributed by atoms with E-state index in [9.17, 15) is 4.79 Å². The second kappa shape index (κ2) is 3.44. The van der Waals surface area contributed by atoms with E-state index in [0.717, 1.165) is 5.56 Å². The van der Waals surface area contributed by atoms with Crippen molar-refractivity contribution < 1.29 is 0 Å². The van der Waals surface area contributed by atoms with Gasteiger partial charge in [0.15, 0.2) is 13.5 Å². The van der Waals surface area contributed by atoms with E-state index in [1.165, 1.54) is 0 Å². The molecular weight excluding hydrogens is 201 g/mol. The van der Waals surface area contributed by atoms with Crippen molar-refractivity contribution in [3.8, 4) is 0 Å². The van der Waals surface area contributed by atoms with Crippen molar-refractivity contribution in [2.75, 3.05) is 0 Å². The number of hydrogen-bond acceptors (Lipinski definition) is 3. The van der Waals surface area contributed by atoms with Crippen molar-refractivity contribution in [1.29, 1.82) is 0 Å². The molecule has 0 aromatic carbocycles. The molecule has 1 N–H and O–H groups in total. The topological polar surface area (TPSA) is 58.6 Å². The molecule has 2 aromatic heterocycles. The van der Waals surface area contributed by atoms with Gasteiger partial charge in [-0.1, -0.05) is 20.8 Å². The first-order chi connectivity index (χ1) is 7.38. The molecule has 5 heteroatoms. The van der Waals surface area contributed by atoms with Crippen molar-refractivity contribution in [3.05, 3.63) is 28.2 Å². The highest BCUT2D eigenvalue weighted by molar-refractivity contribution is 6.29. The summed E-state index contributed by atoms with van der Waals surface area (Å²) in [5, 5.41) is 0.554. The smallest absolute Gasteiger partial charge is 0.259 e. The summed E-state index contributed by atoms with van der Waals surface area (Å²) in [5.74, 6) is 0. The summed E-state index contributed by atoms with van der Waals surface area (Å²) in [6.45, 7) is 6.27. The van der Waals surface area contributed by atoms with E-state index in [0.29, 0.717) is 16.8 Å². The number of hydrogen-bond donors (Lipinski definition) is 1. The first kappa shape index (κ1) is 10.9. The van der Waals surface area contributed by atoms with Crippen LogP contribution in [-0.4, -0.2) is 22.8 Å². The normalized spacial score (nSPS) is 11.9. The minimum absolute atomic E-state index is 0.0154.